The summed E-state index contributed by atoms with van der Waals surface area (Å²) in [6, 6.07) is 7.71. The summed E-state index contributed by atoms with van der Waals surface area (Å²) in [5.41, 5.74) is 3.52. The Balaban J connectivity index is 1.57. The first-order valence-corrected chi connectivity index (χ1v) is 14.6. The van der Waals surface area contributed by atoms with E-state index in [1.54, 1.807) is 17.8 Å². The van der Waals surface area contributed by atoms with Gasteiger partial charge in [-0.15, -0.1) is 0 Å². The third-order valence-corrected chi connectivity index (χ3v) is 8.27. The Kier molecular flexibility index (Phi) is 8.56. The van der Waals surface area contributed by atoms with Gasteiger partial charge in [-0.25, -0.2) is 15.0 Å². The maximum Gasteiger partial charge on any atom is 0.191 e. The fraction of sp³-hybridized carbons (Fsp3) is 0.517. The van der Waals surface area contributed by atoms with E-state index in [1.165, 1.54) is 32.1 Å². The molecule has 1 aliphatic carbocycles. The quantitative estimate of drug-likeness (QED) is 0.150. The summed E-state index contributed by atoms with van der Waals surface area (Å²) < 4.78 is 7.85. The Morgan fingerprint density at radius 3 is 2.57 bits per heavy atom. The number of fused-ring (bicyclic) bond motifs is 1. The molecule has 37 heavy (non-hydrogen) atoms. The Hall–Kier alpha value is -2.71. The summed E-state index contributed by atoms with van der Waals surface area (Å²) in [6.07, 6.45) is 10.9. The van der Waals surface area contributed by atoms with Crippen LogP contribution in [0.15, 0.2) is 35.5 Å². The van der Waals surface area contributed by atoms with Crippen molar-refractivity contribution in [3.63, 3.8) is 0 Å². The zero-order chi connectivity index (χ0) is 25.6. The molecule has 0 atom stereocenters. The van der Waals surface area contributed by atoms with E-state index in [-0.39, 0.29) is 5.78 Å². The van der Waals surface area contributed by atoms with E-state index in [4.69, 9.17) is 19.7 Å². The molecule has 7 nitrogen and oxygen atoms in total. The molecule has 0 radical (unpaired) electrons. The van der Waals surface area contributed by atoms with Crippen LogP contribution in [0.5, 0.6) is 0 Å². The Bertz CT molecular complexity index is 1240. The van der Waals surface area contributed by atoms with Crippen molar-refractivity contribution < 1.29 is 9.53 Å². The van der Waals surface area contributed by atoms with E-state index in [9.17, 15) is 4.79 Å². The van der Waals surface area contributed by atoms with Crippen LogP contribution in [-0.2, 0) is 11.3 Å². The number of morpholine rings is 1. The van der Waals surface area contributed by atoms with E-state index in [0.29, 0.717) is 24.7 Å². The van der Waals surface area contributed by atoms with E-state index in [1.807, 2.05) is 37.3 Å². The number of ether oxygens (including phenoxy) is 1. The predicted molar refractivity (Wildman–Crippen MR) is 150 cm³/mol. The zero-order valence-corrected chi connectivity index (χ0v) is 22.8. The summed E-state index contributed by atoms with van der Waals surface area (Å²) in [5.74, 6) is 3.22. The van der Waals surface area contributed by atoms with Crippen molar-refractivity contribution in [2.45, 2.75) is 64.1 Å². The molecule has 1 aliphatic heterocycles. The molecule has 8 heteroatoms. The first-order chi connectivity index (χ1) is 18.1. The standard InChI is InChI=1S/C29H37N5O2S/c1-3-19-37-29-31-27(33-15-17-36-18-16-33)26-28(32-29)34(20-22-7-5-4-6-8-22)25(30-26)14-13-24(35)23-11-9-21(2)10-12-23/h9-14,22H,3-8,15-20H2,1-2H3/b14-13+. The van der Waals surface area contributed by atoms with Crippen LogP contribution in [0.3, 0.4) is 0 Å². The summed E-state index contributed by atoms with van der Waals surface area (Å²) in [5, 5.41) is 0.798. The first-order valence-electron chi connectivity index (χ1n) is 13.6. The summed E-state index contributed by atoms with van der Waals surface area (Å²) in [4.78, 5) is 30.3. The number of aryl methyl sites for hydroxylation is 1. The second kappa shape index (κ2) is 12.2. The smallest absolute Gasteiger partial charge is 0.191 e. The molecule has 2 aromatic heterocycles. The van der Waals surface area contributed by atoms with Gasteiger partial charge in [-0.1, -0.05) is 67.8 Å². The van der Waals surface area contributed by atoms with Gasteiger partial charge in [0.05, 0.1) is 13.2 Å². The number of nitrogens with zero attached hydrogens (tertiary/aromatic N) is 5. The molecule has 1 saturated heterocycles. The van der Waals surface area contributed by atoms with Crippen LogP contribution < -0.4 is 4.90 Å². The second-order valence-corrected chi connectivity index (χ2v) is 11.2. The van der Waals surface area contributed by atoms with Crippen LogP contribution in [0.2, 0.25) is 0 Å². The van der Waals surface area contributed by atoms with Crippen LogP contribution in [0.1, 0.15) is 67.2 Å². The molecule has 3 heterocycles. The monoisotopic (exact) mass is 519 g/mol. The zero-order valence-electron chi connectivity index (χ0n) is 22.0. The molecule has 0 amide bonds. The van der Waals surface area contributed by atoms with E-state index in [0.717, 1.165) is 65.3 Å². The third-order valence-electron chi connectivity index (χ3n) is 7.22. The third kappa shape index (κ3) is 6.24. The average molecular weight is 520 g/mol. The SMILES string of the molecule is CCCSc1nc(N2CCOCC2)c2nc(/C=C/C(=O)c3ccc(C)cc3)n(CC3CCCCC3)c2n1. The molecule has 0 spiro atoms. The Labute approximate surface area is 223 Å². The van der Waals surface area contributed by atoms with Gasteiger partial charge >= 0.3 is 0 Å². The van der Waals surface area contributed by atoms with Crippen LogP contribution in [-0.4, -0.2) is 57.4 Å². The minimum atomic E-state index is -0.0186. The van der Waals surface area contributed by atoms with Gasteiger partial charge in [-0.3, -0.25) is 4.79 Å². The van der Waals surface area contributed by atoms with E-state index in [2.05, 4.69) is 16.4 Å². The fourth-order valence-electron chi connectivity index (χ4n) is 5.14. The highest BCUT2D eigenvalue weighted by Crippen LogP contribution is 2.32. The number of aromatic nitrogens is 4. The molecule has 3 aromatic rings. The lowest BCUT2D eigenvalue weighted by molar-refractivity contribution is 0.104. The van der Waals surface area contributed by atoms with Gasteiger partial charge in [0.15, 0.2) is 27.9 Å². The lowest BCUT2D eigenvalue weighted by Crippen LogP contribution is -2.37. The van der Waals surface area contributed by atoms with E-state index < -0.39 is 0 Å². The molecular formula is C29H37N5O2S. The van der Waals surface area contributed by atoms with Crippen molar-refractivity contribution in [1.29, 1.82) is 0 Å². The maximum absolute atomic E-state index is 13.0. The van der Waals surface area contributed by atoms with Gasteiger partial charge in [0.1, 0.15) is 5.82 Å². The topological polar surface area (TPSA) is 73.1 Å². The highest BCUT2D eigenvalue weighted by Gasteiger charge is 2.24. The summed E-state index contributed by atoms with van der Waals surface area (Å²) in [7, 11) is 0. The molecule has 0 bridgehead atoms. The number of anilines is 1. The van der Waals surface area contributed by atoms with E-state index >= 15 is 0 Å². The minimum Gasteiger partial charge on any atom is -0.378 e. The number of thioether (sulfide) groups is 1. The molecular weight excluding hydrogens is 482 g/mol. The van der Waals surface area contributed by atoms with Crippen LogP contribution >= 0.6 is 11.8 Å². The number of rotatable bonds is 9. The Morgan fingerprint density at radius 2 is 1.84 bits per heavy atom. The number of hydrogen-bond donors (Lipinski definition) is 0. The van der Waals surface area contributed by atoms with Crippen molar-refractivity contribution in [3.8, 4) is 0 Å². The number of allylic oxidation sites excluding steroid dienone is 1. The minimum absolute atomic E-state index is 0.0186. The molecule has 1 saturated carbocycles. The maximum atomic E-state index is 13.0. The number of carbonyl (C=O) groups excluding carboxylic acids is 1. The lowest BCUT2D eigenvalue weighted by atomic mass is 9.89. The van der Waals surface area contributed by atoms with Crippen molar-refractivity contribution >= 4 is 40.6 Å². The molecule has 196 valence electrons. The largest absolute Gasteiger partial charge is 0.378 e. The average Bonchev–Trinajstić information content (AvgIpc) is 3.28. The van der Waals surface area contributed by atoms with Gasteiger partial charge in [-0.2, -0.15) is 0 Å². The van der Waals surface area contributed by atoms with Crippen LogP contribution in [0.4, 0.5) is 5.82 Å². The molecule has 2 aliphatic rings. The van der Waals surface area contributed by atoms with Gasteiger partial charge in [0, 0.05) is 31.0 Å². The number of benzene rings is 1. The number of carbonyl (C=O) groups is 1. The normalized spacial score (nSPS) is 17.2. The number of imidazole rings is 1. The second-order valence-electron chi connectivity index (χ2n) is 10.1. The number of hydrogen-bond acceptors (Lipinski definition) is 7. The Morgan fingerprint density at radius 1 is 1.08 bits per heavy atom. The molecule has 0 N–H and O–H groups in total. The fourth-order valence-corrected chi connectivity index (χ4v) is 5.83. The summed E-state index contributed by atoms with van der Waals surface area (Å²) in [6.45, 7) is 8.01. The van der Waals surface area contributed by atoms with Crippen molar-refractivity contribution in [1.82, 2.24) is 19.5 Å². The lowest BCUT2D eigenvalue weighted by Gasteiger charge is -2.28. The molecule has 2 fully saturated rings. The highest BCUT2D eigenvalue weighted by atomic mass is 32.2. The first kappa shape index (κ1) is 25.9. The molecule has 0 unspecified atom stereocenters. The van der Waals surface area contributed by atoms with Gasteiger partial charge in [-0.05, 0) is 44.3 Å². The van der Waals surface area contributed by atoms with Crippen molar-refractivity contribution in [2.24, 2.45) is 5.92 Å². The summed E-state index contributed by atoms with van der Waals surface area (Å²) >= 11 is 1.70. The van der Waals surface area contributed by atoms with Gasteiger partial charge < -0.3 is 14.2 Å². The van der Waals surface area contributed by atoms with Crippen molar-refractivity contribution in [3.05, 3.63) is 47.3 Å². The van der Waals surface area contributed by atoms with Gasteiger partial charge in [0.25, 0.3) is 0 Å². The van der Waals surface area contributed by atoms with Gasteiger partial charge in [0.2, 0.25) is 0 Å². The molecule has 1 aromatic carbocycles. The van der Waals surface area contributed by atoms with Crippen LogP contribution in [0.25, 0.3) is 17.2 Å². The molecule has 5 rings (SSSR count). The predicted octanol–water partition coefficient (Wildman–Crippen LogP) is 5.95. The number of ketones is 1. The van der Waals surface area contributed by atoms with Crippen LogP contribution in [0, 0.1) is 12.8 Å². The highest BCUT2D eigenvalue weighted by molar-refractivity contribution is 7.99. The van der Waals surface area contributed by atoms with Crippen molar-refractivity contribution in [2.75, 3.05) is 37.0 Å².